The third-order valence-electron chi connectivity index (χ3n) is 7.29. The van der Waals surface area contributed by atoms with Gasteiger partial charge in [-0.2, -0.15) is 5.10 Å². The Morgan fingerprint density at radius 3 is 2.90 bits per heavy atom. The minimum Gasteiger partial charge on any atom is -0.480 e. The van der Waals surface area contributed by atoms with Crippen molar-refractivity contribution >= 4 is 28.6 Å². The summed E-state index contributed by atoms with van der Waals surface area (Å²) in [5.41, 5.74) is 3.42. The first-order valence-corrected chi connectivity index (χ1v) is 13.9. The average Bonchev–Trinajstić information content (AvgIpc) is 3.33. The molecule has 0 fully saturated rings. The SMILES string of the molecule is COCC(F)CN(CCCCc1ccc2c(n1)NCCC2)CCC(NC(=O)c1cccc2c1cnn2C)C(=O)O. The van der Waals surface area contributed by atoms with Crippen molar-refractivity contribution in [3.8, 4) is 0 Å². The minimum absolute atomic E-state index is 0.0310. The van der Waals surface area contributed by atoms with E-state index in [0.29, 0.717) is 24.0 Å². The number of hydrogen-bond acceptors (Lipinski definition) is 7. The largest absolute Gasteiger partial charge is 0.480 e. The number of amides is 1. The van der Waals surface area contributed by atoms with Gasteiger partial charge in [0.15, 0.2) is 0 Å². The van der Waals surface area contributed by atoms with Crippen LogP contribution in [0.1, 0.15) is 47.3 Å². The van der Waals surface area contributed by atoms with E-state index in [2.05, 4.69) is 27.9 Å². The van der Waals surface area contributed by atoms with Crippen molar-refractivity contribution in [2.75, 3.05) is 45.2 Å². The number of anilines is 1. The van der Waals surface area contributed by atoms with Gasteiger partial charge in [-0.25, -0.2) is 14.2 Å². The fourth-order valence-corrected chi connectivity index (χ4v) is 5.14. The number of nitrogens with one attached hydrogen (secondary N) is 2. The number of carbonyl (C=O) groups is 2. The topological polar surface area (TPSA) is 122 Å². The van der Waals surface area contributed by atoms with Crippen LogP contribution in [0.5, 0.6) is 0 Å². The summed E-state index contributed by atoms with van der Waals surface area (Å²) in [6, 6.07) is 8.34. The van der Waals surface area contributed by atoms with Crippen LogP contribution in [0.15, 0.2) is 36.5 Å². The van der Waals surface area contributed by atoms with E-state index in [1.54, 1.807) is 30.1 Å². The third kappa shape index (κ3) is 7.76. The van der Waals surface area contributed by atoms with E-state index in [1.807, 2.05) is 11.0 Å². The highest BCUT2D eigenvalue weighted by atomic mass is 19.1. The molecule has 3 aromatic rings. The molecule has 3 N–H and O–H groups in total. The molecule has 2 unspecified atom stereocenters. The lowest BCUT2D eigenvalue weighted by atomic mass is 10.1. The van der Waals surface area contributed by atoms with Crippen LogP contribution in [0.3, 0.4) is 0 Å². The molecule has 4 rings (SSSR count). The van der Waals surface area contributed by atoms with Gasteiger partial charge in [0.05, 0.1) is 23.9 Å². The lowest BCUT2D eigenvalue weighted by Gasteiger charge is -2.26. The highest BCUT2D eigenvalue weighted by Crippen LogP contribution is 2.21. The molecule has 3 heterocycles. The van der Waals surface area contributed by atoms with Gasteiger partial charge < -0.3 is 25.4 Å². The smallest absolute Gasteiger partial charge is 0.326 e. The first kappa shape index (κ1) is 29.4. The second kappa shape index (κ2) is 14.2. The third-order valence-corrected chi connectivity index (χ3v) is 7.29. The molecule has 0 aliphatic carbocycles. The van der Waals surface area contributed by atoms with Crippen LogP contribution in [0.2, 0.25) is 0 Å². The molecule has 0 spiro atoms. The summed E-state index contributed by atoms with van der Waals surface area (Å²) in [5, 5.41) is 20.7. The molecular formula is C29H39FN6O4. The number of alkyl halides is 1. The zero-order valence-corrected chi connectivity index (χ0v) is 23.2. The van der Waals surface area contributed by atoms with Crippen molar-refractivity contribution in [3.63, 3.8) is 0 Å². The number of benzene rings is 1. The maximum atomic E-state index is 14.5. The highest BCUT2D eigenvalue weighted by Gasteiger charge is 2.24. The molecule has 1 amide bonds. The van der Waals surface area contributed by atoms with Crippen LogP contribution < -0.4 is 10.6 Å². The Bertz CT molecular complexity index is 1300. The second-order valence-electron chi connectivity index (χ2n) is 10.3. The first-order valence-electron chi connectivity index (χ1n) is 13.9. The molecule has 10 nitrogen and oxygen atoms in total. The average molecular weight is 555 g/mol. The van der Waals surface area contributed by atoms with Gasteiger partial charge in [-0.3, -0.25) is 9.48 Å². The van der Waals surface area contributed by atoms with Gasteiger partial charge in [0, 0.05) is 44.9 Å². The van der Waals surface area contributed by atoms with E-state index in [4.69, 9.17) is 9.72 Å². The lowest BCUT2D eigenvalue weighted by molar-refractivity contribution is -0.139. The zero-order valence-electron chi connectivity index (χ0n) is 23.2. The summed E-state index contributed by atoms with van der Waals surface area (Å²) in [6.07, 6.45) is 5.20. The summed E-state index contributed by atoms with van der Waals surface area (Å²) in [7, 11) is 3.23. The number of fused-ring (bicyclic) bond motifs is 2. The van der Waals surface area contributed by atoms with E-state index in [1.165, 1.54) is 12.7 Å². The normalized spacial score (nSPS) is 14.5. The Balaban J connectivity index is 1.33. The highest BCUT2D eigenvalue weighted by molar-refractivity contribution is 6.07. The molecule has 0 saturated heterocycles. The van der Waals surface area contributed by atoms with Crippen molar-refractivity contribution < 1.29 is 23.8 Å². The van der Waals surface area contributed by atoms with Gasteiger partial charge in [-0.15, -0.1) is 0 Å². The number of nitrogens with zero attached hydrogens (tertiary/aromatic N) is 4. The number of hydrogen-bond donors (Lipinski definition) is 3. The van der Waals surface area contributed by atoms with Gasteiger partial charge in [-0.1, -0.05) is 12.1 Å². The molecule has 1 aliphatic rings. The molecule has 0 bridgehead atoms. The molecule has 0 saturated carbocycles. The maximum Gasteiger partial charge on any atom is 0.326 e. The van der Waals surface area contributed by atoms with Crippen molar-refractivity contribution in [2.45, 2.75) is 50.7 Å². The first-order chi connectivity index (χ1) is 19.4. The van der Waals surface area contributed by atoms with Crippen LogP contribution in [0, 0.1) is 0 Å². The van der Waals surface area contributed by atoms with Crippen LogP contribution in [-0.2, 0) is 29.4 Å². The van der Waals surface area contributed by atoms with E-state index in [0.717, 1.165) is 55.7 Å². The molecule has 216 valence electrons. The summed E-state index contributed by atoms with van der Waals surface area (Å²) in [5.74, 6) is -0.633. The van der Waals surface area contributed by atoms with Gasteiger partial charge in [0.25, 0.3) is 5.91 Å². The Hall–Kier alpha value is -3.57. The number of rotatable bonds is 15. The van der Waals surface area contributed by atoms with E-state index in [-0.39, 0.29) is 19.6 Å². The number of carbonyl (C=O) groups excluding carboxylic acids is 1. The number of methoxy groups -OCH3 is 1. The summed E-state index contributed by atoms with van der Waals surface area (Å²) >= 11 is 0. The van der Waals surface area contributed by atoms with Crippen molar-refractivity contribution in [1.82, 2.24) is 25.0 Å². The zero-order chi connectivity index (χ0) is 28.5. The summed E-state index contributed by atoms with van der Waals surface area (Å²) in [4.78, 5) is 31.7. The van der Waals surface area contributed by atoms with Gasteiger partial charge in [0.1, 0.15) is 18.0 Å². The molecular weight excluding hydrogens is 515 g/mol. The Morgan fingerprint density at radius 1 is 1.25 bits per heavy atom. The van der Waals surface area contributed by atoms with Crippen LogP contribution in [0.25, 0.3) is 10.9 Å². The Kier molecular flexibility index (Phi) is 10.4. The minimum atomic E-state index is -1.19. The standard InChI is InChI=1S/C29H39FN6O4/c1-35-26-10-5-9-23(24(26)17-32-35)28(37)34-25(29(38)39)13-16-36(18-21(30)19-40-2)15-4-3-8-22-12-11-20-7-6-14-31-27(20)33-22/h5,9-12,17,21,25H,3-4,6-8,13-16,18-19H2,1-2H3,(H,31,33)(H,34,37)(H,38,39). The van der Waals surface area contributed by atoms with Crippen LogP contribution in [0.4, 0.5) is 10.2 Å². The second-order valence-corrected chi connectivity index (χ2v) is 10.3. The maximum absolute atomic E-state index is 14.5. The van der Waals surface area contributed by atoms with Crippen molar-refractivity contribution in [1.29, 1.82) is 0 Å². The molecule has 0 radical (unpaired) electrons. The van der Waals surface area contributed by atoms with Gasteiger partial charge in [-0.05, 0) is 68.8 Å². The molecule has 40 heavy (non-hydrogen) atoms. The fourth-order valence-electron chi connectivity index (χ4n) is 5.14. The Labute approximate surface area is 233 Å². The molecule has 1 aromatic carbocycles. The molecule has 1 aliphatic heterocycles. The van der Waals surface area contributed by atoms with E-state index < -0.39 is 24.1 Å². The number of carboxylic acids is 1. The number of halogens is 1. The van der Waals surface area contributed by atoms with Crippen molar-refractivity contribution in [3.05, 3.63) is 53.3 Å². The van der Waals surface area contributed by atoms with E-state index in [9.17, 15) is 19.1 Å². The molecule has 2 atom stereocenters. The predicted octanol–water partition coefficient (Wildman–Crippen LogP) is 3.21. The number of aryl methyl sites for hydroxylation is 3. The Morgan fingerprint density at radius 2 is 2.10 bits per heavy atom. The summed E-state index contributed by atoms with van der Waals surface area (Å²) in [6.45, 7) is 1.96. The quantitative estimate of drug-likeness (QED) is 0.245. The fraction of sp³-hybridized carbons (Fsp3) is 0.517. The van der Waals surface area contributed by atoms with Crippen LogP contribution in [-0.4, -0.2) is 88.8 Å². The monoisotopic (exact) mass is 554 g/mol. The van der Waals surface area contributed by atoms with Gasteiger partial charge in [0.2, 0.25) is 0 Å². The van der Waals surface area contributed by atoms with Crippen LogP contribution >= 0.6 is 0 Å². The van der Waals surface area contributed by atoms with Gasteiger partial charge >= 0.3 is 5.97 Å². The predicted molar refractivity (Wildman–Crippen MR) is 151 cm³/mol. The summed E-state index contributed by atoms with van der Waals surface area (Å²) < 4.78 is 21.1. The van der Waals surface area contributed by atoms with Crippen molar-refractivity contribution in [2.24, 2.45) is 7.05 Å². The molecule has 2 aromatic heterocycles. The number of aromatic nitrogens is 3. The lowest BCUT2D eigenvalue weighted by Crippen LogP contribution is -2.44. The number of ether oxygens (including phenoxy) is 1. The molecule has 11 heteroatoms. The number of pyridine rings is 1. The van der Waals surface area contributed by atoms with E-state index >= 15 is 0 Å². The number of aliphatic carboxylic acids is 1. The number of carboxylic acid groups (broad SMARTS) is 1. The number of unbranched alkanes of at least 4 members (excludes halogenated alkanes) is 1.